The molecule has 4 heteroatoms. The molecule has 1 aromatic rings. The van der Waals surface area contributed by atoms with Crippen molar-refractivity contribution in [1.29, 1.82) is 0 Å². The number of carbonyl (C=O) groups excluding carboxylic acids is 1. The van der Waals surface area contributed by atoms with Gasteiger partial charge in [-0.15, -0.1) is 0 Å². The lowest BCUT2D eigenvalue weighted by Crippen LogP contribution is -2.25. The van der Waals surface area contributed by atoms with Crippen LogP contribution < -0.4 is 5.48 Å². The van der Waals surface area contributed by atoms with E-state index in [1.165, 1.54) is 0 Å². The average molecular weight is 218 g/mol. The second-order valence-electron chi connectivity index (χ2n) is 4.00. The number of carbonyl (C=O) groups is 1. The van der Waals surface area contributed by atoms with E-state index < -0.39 is 0 Å². The first-order valence-corrected chi connectivity index (χ1v) is 5.28. The van der Waals surface area contributed by atoms with Gasteiger partial charge < -0.3 is 0 Å². The Hall–Kier alpha value is -1.68. The van der Waals surface area contributed by atoms with Crippen molar-refractivity contribution in [3.8, 4) is 0 Å². The molecule has 4 nitrogen and oxygen atoms in total. The number of aryl methyl sites for hydroxylation is 1. The van der Waals surface area contributed by atoms with E-state index in [-0.39, 0.29) is 11.8 Å². The summed E-state index contributed by atoms with van der Waals surface area (Å²) >= 11 is 0. The van der Waals surface area contributed by atoms with Crippen molar-refractivity contribution in [2.45, 2.75) is 19.8 Å². The molecule has 1 unspecified atom stereocenters. The Balaban J connectivity index is 2.17. The Morgan fingerprint density at radius 3 is 3.00 bits per heavy atom. The van der Waals surface area contributed by atoms with Crippen LogP contribution in [0.2, 0.25) is 0 Å². The molecular weight excluding hydrogens is 204 g/mol. The minimum atomic E-state index is -0.338. The standard InChI is InChI=1S/C12H14N2O2/c1-8-2-3-11(7-13-8)9-4-5-10(6-9)12(15)14-16/h2-3,6-7,10,16H,4-5H2,1H3,(H,14,15). The fourth-order valence-electron chi connectivity index (χ4n) is 1.91. The van der Waals surface area contributed by atoms with E-state index in [9.17, 15) is 4.79 Å². The number of amides is 1. The van der Waals surface area contributed by atoms with Gasteiger partial charge in [0.05, 0.1) is 5.92 Å². The highest BCUT2D eigenvalue weighted by molar-refractivity contribution is 5.84. The van der Waals surface area contributed by atoms with Crippen LogP contribution in [0.4, 0.5) is 0 Å². The van der Waals surface area contributed by atoms with Crippen LogP contribution in [0.5, 0.6) is 0 Å². The fourth-order valence-corrected chi connectivity index (χ4v) is 1.91. The van der Waals surface area contributed by atoms with E-state index in [2.05, 4.69) is 4.98 Å². The number of allylic oxidation sites excluding steroid dienone is 1. The topological polar surface area (TPSA) is 62.2 Å². The van der Waals surface area contributed by atoms with Crippen LogP contribution in [0.25, 0.3) is 5.57 Å². The molecular formula is C12H14N2O2. The number of nitrogens with zero attached hydrogens (tertiary/aromatic N) is 1. The third-order valence-corrected chi connectivity index (χ3v) is 2.86. The second-order valence-corrected chi connectivity index (χ2v) is 4.00. The van der Waals surface area contributed by atoms with Crippen LogP contribution in [0.15, 0.2) is 24.4 Å². The summed E-state index contributed by atoms with van der Waals surface area (Å²) in [5.74, 6) is -0.559. The zero-order chi connectivity index (χ0) is 11.5. The van der Waals surface area contributed by atoms with Gasteiger partial charge in [0.15, 0.2) is 0 Å². The molecule has 0 radical (unpaired) electrons. The Morgan fingerprint density at radius 1 is 1.56 bits per heavy atom. The van der Waals surface area contributed by atoms with Gasteiger partial charge in [-0.1, -0.05) is 12.1 Å². The summed E-state index contributed by atoms with van der Waals surface area (Å²) < 4.78 is 0. The zero-order valence-electron chi connectivity index (χ0n) is 9.10. The van der Waals surface area contributed by atoms with Gasteiger partial charge in [-0.25, -0.2) is 5.48 Å². The molecule has 16 heavy (non-hydrogen) atoms. The number of nitrogens with one attached hydrogen (secondary N) is 1. The number of hydrogen-bond donors (Lipinski definition) is 2. The largest absolute Gasteiger partial charge is 0.289 e. The molecule has 0 saturated heterocycles. The zero-order valence-corrected chi connectivity index (χ0v) is 9.10. The van der Waals surface area contributed by atoms with Crippen LogP contribution >= 0.6 is 0 Å². The predicted octanol–water partition coefficient (Wildman–Crippen LogP) is 1.69. The summed E-state index contributed by atoms with van der Waals surface area (Å²) in [6, 6.07) is 3.96. The molecule has 0 bridgehead atoms. The van der Waals surface area contributed by atoms with Gasteiger partial charge in [-0.05, 0) is 37.0 Å². The lowest BCUT2D eigenvalue weighted by atomic mass is 10.1. The van der Waals surface area contributed by atoms with Crippen molar-refractivity contribution < 1.29 is 10.0 Å². The minimum absolute atomic E-state index is 0.221. The lowest BCUT2D eigenvalue weighted by molar-refractivity contribution is -0.131. The minimum Gasteiger partial charge on any atom is -0.289 e. The normalized spacial score (nSPS) is 19.4. The Kier molecular flexibility index (Phi) is 3.01. The van der Waals surface area contributed by atoms with E-state index in [1.807, 2.05) is 31.3 Å². The molecule has 1 aromatic heterocycles. The van der Waals surface area contributed by atoms with Crippen molar-refractivity contribution >= 4 is 11.5 Å². The molecule has 0 spiro atoms. The highest BCUT2D eigenvalue weighted by Gasteiger charge is 2.22. The Morgan fingerprint density at radius 2 is 2.38 bits per heavy atom. The fraction of sp³-hybridized carbons (Fsp3) is 0.333. The highest BCUT2D eigenvalue weighted by atomic mass is 16.5. The van der Waals surface area contributed by atoms with E-state index >= 15 is 0 Å². The Labute approximate surface area is 94.0 Å². The number of hydroxylamine groups is 1. The van der Waals surface area contributed by atoms with E-state index in [1.54, 1.807) is 5.48 Å². The molecule has 84 valence electrons. The van der Waals surface area contributed by atoms with Crippen LogP contribution in [-0.4, -0.2) is 16.1 Å². The van der Waals surface area contributed by atoms with Gasteiger partial charge >= 0.3 is 0 Å². The highest BCUT2D eigenvalue weighted by Crippen LogP contribution is 2.31. The van der Waals surface area contributed by atoms with E-state index in [4.69, 9.17) is 5.21 Å². The van der Waals surface area contributed by atoms with Crippen molar-refractivity contribution in [2.24, 2.45) is 5.92 Å². The summed E-state index contributed by atoms with van der Waals surface area (Å²) in [4.78, 5) is 15.4. The quantitative estimate of drug-likeness (QED) is 0.586. The van der Waals surface area contributed by atoms with Crippen molar-refractivity contribution in [2.75, 3.05) is 0 Å². The van der Waals surface area contributed by atoms with Gasteiger partial charge in [-0.2, -0.15) is 0 Å². The summed E-state index contributed by atoms with van der Waals surface area (Å²) in [5.41, 5.74) is 4.85. The molecule has 1 aliphatic carbocycles. The van der Waals surface area contributed by atoms with E-state index in [0.29, 0.717) is 0 Å². The second kappa shape index (κ2) is 4.45. The molecule has 2 rings (SSSR count). The molecule has 0 fully saturated rings. The first-order valence-electron chi connectivity index (χ1n) is 5.28. The van der Waals surface area contributed by atoms with Crippen LogP contribution in [0, 0.1) is 12.8 Å². The molecule has 1 aliphatic rings. The SMILES string of the molecule is Cc1ccc(C2=CC(C(=O)NO)CC2)cn1. The monoisotopic (exact) mass is 218 g/mol. The average Bonchev–Trinajstić information content (AvgIpc) is 2.78. The Bertz CT molecular complexity index is 423. The van der Waals surface area contributed by atoms with Crippen molar-refractivity contribution in [3.05, 3.63) is 35.7 Å². The number of hydrogen-bond acceptors (Lipinski definition) is 3. The maximum atomic E-state index is 11.2. The maximum absolute atomic E-state index is 11.2. The van der Waals surface area contributed by atoms with Crippen LogP contribution in [0.3, 0.4) is 0 Å². The van der Waals surface area contributed by atoms with Gasteiger partial charge in [0.25, 0.3) is 0 Å². The predicted molar refractivity (Wildman–Crippen MR) is 59.6 cm³/mol. The summed E-state index contributed by atoms with van der Waals surface area (Å²) in [6.45, 7) is 1.94. The first kappa shape index (κ1) is 10.8. The summed E-state index contributed by atoms with van der Waals surface area (Å²) in [7, 11) is 0. The van der Waals surface area contributed by atoms with Gasteiger partial charge in [-0.3, -0.25) is 15.0 Å². The molecule has 0 aromatic carbocycles. The smallest absolute Gasteiger partial charge is 0.250 e. The van der Waals surface area contributed by atoms with Gasteiger partial charge in [0.2, 0.25) is 5.91 Å². The molecule has 1 atom stereocenters. The van der Waals surface area contributed by atoms with Gasteiger partial charge in [0.1, 0.15) is 0 Å². The lowest BCUT2D eigenvalue weighted by Gasteiger charge is -2.01. The maximum Gasteiger partial charge on any atom is 0.250 e. The van der Waals surface area contributed by atoms with Crippen LogP contribution in [-0.2, 0) is 4.79 Å². The number of pyridine rings is 1. The molecule has 2 N–H and O–H groups in total. The summed E-state index contributed by atoms with van der Waals surface area (Å²) in [6.07, 6.45) is 5.32. The molecule has 0 aliphatic heterocycles. The summed E-state index contributed by atoms with van der Waals surface area (Å²) in [5, 5.41) is 8.55. The van der Waals surface area contributed by atoms with Crippen molar-refractivity contribution in [1.82, 2.24) is 10.5 Å². The van der Waals surface area contributed by atoms with E-state index in [0.717, 1.165) is 29.7 Å². The molecule has 1 heterocycles. The number of aromatic nitrogens is 1. The van der Waals surface area contributed by atoms with Crippen LogP contribution in [0.1, 0.15) is 24.1 Å². The third-order valence-electron chi connectivity index (χ3n) is 2.86. The number of rotatable bonds is 2. The van der Waals surface area contributed by atoms with Gasteiger partial charge in [0, 0.05) is 11.9 Å². The molecule has 1 amide bonds. The third kappa shape index (κ3) is 2.12. The first-order chi connectivity index (χ1) is 7.70. The molecule has 0 saturated carbocycles. The van der Waals surface area contributed by atoms with Crippen molar-refractivity contribution in [3.63, 3.8) is 0 Å².